The van der Waals surface area contributed by atoms with Crippen LogP contribution in [-0.2, 0) is 15.0 Å². The van der Waals surface area contributed by atoms with Crippen LogP contribution in [0.15, 0.2) is 18.2 Å². The topological polar surface area (TPSA) is 58.2 Å². The standard InChI is InChI=1S/C15H20N2O2/c1-14(2,3)12(18)16-9-6-7-11-10(8-9)15(4,5)13(19)17-11/h6-8H,1-5H3,(H,16,18)(H,17,19). The van der Waals surface area contributed by atoms with Crippen molar-refractivity contribution in [2.24, 2.45) is 5.41 Å². The summed E-state index contributed by atoms with van der Waals surface area (Å²) in [5.41, 5.74) is 1.47. The summed E-state index contributed by atoms with van der Waals surface area (Å²) in [6, 6.07) is 5.52. The number of carbonyl (C=O) groups is 2. The number of fused-ring (bicyclic) bond motifs is 1. The summed E-state index contributed by atoms with van der Waals surface area (Å²) >= 11 is 0. The van der Waals surface area contributed by atoms with Crippen LogP contribution < -0.4 is 10.6 Å². The average Bonchev–Trinajstić information content (AvgIpc) is 2.50. The summed E-state index contributed by atoms with van der Waals surface area (Å²) in [5.74, 6) is -0.0515. The van der Waals surface area contributed by atoms with Gasteiger partial charge < -0.3 is 10.6 Å². The number of benzene rings is 1. The predicted molar refractivity (Wildman–Crippen MR) is 76.2 cm³/mol. The van der Waals surface area contributed by atoms with Crippen LogP contribution in [0.5, 0.6) is 0 Å². The van der Waals surface area contributed by atoms with E-state index in [1.807, 2.05) is 52.8 Å². The highest BCUT2D eigenvalue weighted by Crippen LogP contribution is 2.38. The third-order valence-electron chi connectivity index (χ3n) is 3.45. The minimum atomic E-state index is -0.558. The van der Waals surface area contributed by atoms with E-state index in [2.05, 4.69) is 10.6 Å². The average molecular weight is 260 g/mol. The van der Waals surface area contributed by atoms with Gasteiger partial charge in [-0.1, -0.05) is 20.8 Å². The van der Waals surface area contributed by atoms with E-state index >= 15 is 0 Å². The van der Waals surface area contributed by atoms with E-state index < -0.39 is 10.8 Å². The molecule has 0 bridgehead atoms. The molecule has 4 heteroatoms. The van der Waals surface area contributed by atoms with Crippen LogP contribution >= 0.6 is 0 Å². The highest BCUT2D eigenvalue weighted by Gasteiger charge is 2.38. The number of nitrogens with one attached hydrogen (secondary N) is 2. The van der Waals surface area contributed by atoms with Gasteiger partial charge in [-0.3, -0.25) is 9.59 Å². The fraction of sp³-hybridized carbons (Fsp3) is 0.467. The van der Waals surface area contributed by atoms with Crippen LogP contribution in [0.1, 0.15) is 40.2 Å². The van der Waals surface area contributed by atoms with Crippen molar-refractivity contribution in [2.45, 2.75) is 40.0 Å². The molecule has 0 fully saturated rings. The maximum absolute atomic E-state index is 12.0. The van der Waals surface area contributed by atoms with Gasteiger partial charge in [0, 0.05) is 16.8 Å². The molecule has 0 aliphatic carbocycles. The number of anilines is 2. The molecule has 4 nitrogen and oxygen atoms in total. The number of hydrogen-bond acceptors (Lipinski definition) is 2. The Kier molecular flexibility index (Phi) is 2.92. The minimum absolute atomic E-state index is 0.0122. The summed E-state index contributed by atoms with van der Waals surface area (Å²) in [6.07, 6.45) is 0. The zero-order chi connectivity index (χ0) is 14.4. The second-order valence-electron chi connectivity index (χ2n) is 6.54. The molecule has 2 N–H and O–H groups in total. The molecule has 1 heterocycles. The Morgan fingerprint density at radius 1 is 1.26 bits per heavy atom. The maximum Gasteiger partial charge on any atom is 0.234 e. The lowest BCUT2D eigenvalue weighted by atomic mass is 9.86. The zero-order valence-electron chi connectivity index (χ0n) is 12.0. The summed E-state index contributed by atoms with van der Waals surface area (Å²) < 4.78 is 0. The molecule has 1 aromatic carbocycles. The molecule has 2 rings (SSSR count). The van der Waals surface area contributed by atoms with Gasteiger partial charge in [-0.15, -0.1) is 0 Å². The molecular formula is C15H20N2O2. The van der Waals surface area contributed by atoms with E-state index in [-0.39, 0.29) is 11.8 Å². The molecule has 0 unspecified atom stereocenters. The van der Waals surface area contributed by atoms with Crippen LogP contribution in [0.25, 0.3) is 0 Å². The molecule has 19 heavy (non-hydrogen) atoms. The van der Waals surface area contributed by atoms with E-state index in [9.17, 15) is 9.59 Å². The molecule has 1 aliphatic rings. The van der Waals surface area contributed by atoms with Gasteiger partial charge in [0.15, 0.2) is 0 Å². The Morgan fingerprint density at radius 3 is 2.47 bits per heavy atom. The van der Waals surface area contributed by atoms with Gasteiger partial charge in [0.05, 0.1) is 5.41 Å². The summed E-state index contributed by atoms with van der Waals surface area (Å²) in [4.78, 5) is 23.8. The lowest BCUT2D eigenvalue weighted by molar-refractivity contribution is -0.123. The lowest BCUT2D eigenvalue weighted by Gasteiger charge is -2.19. The van der Waals surface area contributed by atoms with Crippen molar-refractivity contribution in [3.05, 3.63) is 23.8 Å². The largest absolute Gasteiger partial charge is 0.326 e. The second-order valence-corrected chi connectivity index (χ2v) is 6.54. The summed E-state index contributed by atoms with van der Waals surface area (Å²) in [5, 5.41) is 5.73. The fourth-order valence-electron chi connectivity index (χ4n) is 1.97. The van der Waals surface area contributed by atoms with Gasteiger partial charge in [-0.2, -0.15) is 0 Å². The Balaban J connectivity index is 2.31. The smallest absolute Gasteiger partial charge is 0.234 e. The molecule has 0 atom stereocenters. The quantitative estimate of drug-likeness (QED) is 0.815. The van der Waals surface area contributed by atoms with Crippen LogP contribution in [0.3, 0.4) is 0 Å². The van der Waals surface area contributed by atoms with Gasteiger partial charge in [-0.25, -0.2) is 0 Å². The van der Waals surface area contributed by atoms with Crippen molar-refractivity contribution in [1.29, 1.82) is 0 Å². The monoisotopic (exact) mass is 260 g/mol. The first-order valence-electron chi connectivity index (χ1n) is 6.40. The van der Waals surface area contributed by atoms with E-state index in [1.165, 1.54) is 0 Å². The minimum Gasteiger partial charge on any atom is -0.326 e. The molecule has 102 valence electrons. The first-order valence-corrected chi connectivity index (χ1v) is 6.40. The van der Waals surface area contributed by atoms with Gasteiger partial charge in [0.25, 0.3) is 0 Å². The van der Waals surface area contributed by atoms with E-state index in [0.29, 0.717) is 0 Å². The Morgan fingerprint density at radius 2 is 1.89 bits per heavy atom. The normalized spacial score (nSPS) is 16.8. The Labute approximate surface area is 113 Å². The van der Waals surface area contributed by atoms with Crippen LogP contribution in [0.4, 0.5) is 11.4 Å². The Bertz CT molecular complexity index is 554. The number of hydrogen-bond donors (Lipinski definition) is 2. The van der Waals surface area contributed by atoms with E-state index in [4.69, 9.17) is 0 Å². The third kappa shape index (κ3) is 2.35. The molecule has 0 saturated carbocycles. The van der Waals surface area contributed by atoms with Gasteiger partial charge >= 0.3 is 0 Å². The molecule has 0 aromatic heterocycles. The first kappa shape index (κ1) is 13.6. The summed E-state index contributed by atoms with van der Waals surface area (Å²) in [7, 11) is 0. The molecule has 1 aliphatic heterocycles. The molecule has 0 spiro atoms. The first-order chi connectivity index (χ1) is 8.62. The predicted octanol–water partition coefficient (Wildman–Crippen LogP) is 2.90. The van der Waals surface area contributed by atoms with Crippen LogP contribution in [0, 0.1) is 5.41 Å². The van der Waals surface area contributed by atoms with Crippen molar-refractivity contribution in [3.63, 3.8) is 0 Å². The van der Waals surface area contributed by atoms with Crippen molar-refractivity contribution in [3.8, 4) is 0 Å². The second kappa shape index (κ2) is 4.08. The van der Waals surface area contributed by atoms with E-state index in [1.54, 1.807) is 0 Å². The number of amides is 2. The van der Waals surface area contributed by atoms with Crippen molar-refractivity contribution in [1.82, 2.24) is 0 Å². The lowest BCUT2D eigenvalue weighted by Crippen LogP contribution is -2.28. The fourth-order valence-corrected chi connectivity index (χ4v) is 1.97. The third-order valence-corrected chi connectivity index (χ3v) is 3.45. The van der Waals surface area contributed by atoms with Crippen molar-refractivity contribution in [2.75, 3.05) is 10.6 Å². The number of carbonyl (C=O) groups excluding carboxylic acids is 2. The highest BCUT2D eigenvalue weighted by atomic mass is 16.2. The number of rotatable bonds is 1. The van der Waals surface area contributed by atoms with Crippen LogP contribution in [-0.4, -0.2) is 11.8 Å². The Hall–Kier alpha value is -1.84. The molecule has 0 saturated heterocycles. The molecule has 1 aromatic rings. The zero-order valence-corrected chi connectivity index (χ0v) is 12.0. The molecule has 0 radical (unpaired) electrons. The van der Waals surface area contributed by atoms with Gasteiger partial charge in [-0.05, 0) is 37.6 Å². The van der Waals surface area contributed by atoms with Crippen molar-refractivity contribution >= 4 is 23.2 Å². The highest BCUT2D eigenvalue weighted by molar-refractivity contribution is 6.06. The van der Waals surface area contributed by atoms with E-state index in [0.717, 1.165) is 16.9 Å². The van der Waals surface area contributed by atoms with Gasteiger partial charge in [0.2, 0.25) is 11.8 Å². The SMILES string of the molecule is CC(C)(C)C(=O)Nc1ccc2c(c1)C(C)(C)C(=O)N2. The summed E-state index contributed by atoms with van der Waals surface area (Å²) in [6.45, 7) is 9.35. The molecule has 2 amide bonds. The van der Waals surface area contributed by atoms with Gasteiger partial charge in [0.1, 0.15) is 0 Å². The maximum atomic E-state index is 12.0. The van der Waals surface area contributed by atoms with Crippen LogP contribution in [0.2, 0.25) is 0 Å². The van der Waals surface area contributed by atoms with Crippen molar-refractivity contribution < 1.29 is 9.59 Å². The molecular weight excluding hydrogens is 240 g/mol.